The van der Waals surface area contributed by atoms with Crippen LogP contribution in [-0.2, 0) is 30.3 Å². The second-order valence-electron chi connectivity index (χ2n) is 12.7. The highest BCUT2D eigenvalue weighted by Crippen LogP contribution is 2.46. The zero-order valence-corrected chi connectivity index (χ0v) is 26.4. The third-order valence-electron chi connectivity index (χ3n) is 9.00. The fraction of sp³-hybridized carbons (Fsp3) is 0.417. The van der Waals surface area contributed by atoms with Crippen LogP contribution in [0.25, 0.3) is 0 Å². The van der Waals surface area contributed by atoms with Gasteiger partial charge in [0.1, 0.15) is 29.9 Å². The number of carbonyl (C=O) groups is 3. The molecule has 0 spiro atoms. The first-order chi connectivity index (χ1) is 22.5. The smallest absolute Gasteiger partial charge is 0.326 e. The topological polar surface area (TPSA) is 125 Å². The summed E-state index contributed by atoms with van der Waals surface area (Å²) >= 11 is 0. The number of hydrogen-bond donors (Lipinski definition) is 3. The maximum Gasteiger partial charge on any atom is 0.326 e. The third-order valence-corrected chi connectivity index (χ3v) is 9.00. The van der Waals surface area contributed by atoms with Crippen LogP contribution in [0.3, 0.4) is 0 Å². The van der Waals surface area contributed by atoms with Gasteiger partial charge in [-0.25, -0.2) is 13.6 Å². The van der Waals surface area contributed by atoms with Crippen molar-refractivity contribution in [2.45, 2.75) is 63.3 Å². The minimum atomic E-state index is -1.10. The van der Waals surface area contributed by atoms with Crippen molar-refractivity contribution in [1.82, 2.24) is 5.32 Å². The van der Waals surface area contributed by atoms with Gasteiger partial charge < -0.3 is 29.9 Å². The van der Waals surface area contributed by atoms with E-state index >= 15 is 0 Å². The van der Waals surface area contributed by atoms with Crippen LogP contribution in [0.2, 0.25) is 0 Å². The standard InChI is InChI=1S/C36H40F2N2O7/c1-22(2)32(35(44)45)39-31(42)19-47-36(20-46-21-36)18-17-23-3-5-25(6-4-23)33-29(15-16-30(41)24-7-9-26(37)10-8-24)34(43)40(33)28-13-11-27(38)12-14-28/h3-14,22,29-30,32-33,41H,15-21H2,1-2H3,(H,39,42)(H,44,45)/t29-,30+,32+,33-/m1/s1. The molecule has 5 rings (SSSR count). The van der Waals surface area contributed by atoms with Crippen molar-refractivity contribution in [3.8, 4) is 0 Å². The number of halogens is 2. The molecular formula is C36H40F2N2O7. The molecule has 0 aliphatic carbocycles. The van der Waals surface area contributed by atoms with Crippen molar-refractivity contribution < 1.29 is 42.9 Å². The van der Waals surface area contributed by atoms with E-state index in [-0.39, 0.29) is 24.5 Å². The number of carboxylic acids is 1. The monoisotopic (exact) mass is 650 g/mol. The Labute approximate surface area is 272 Å². The molecule has 4 atom stereocenters. The molecule has 2 heterocycles. The highest BCUT2D eigenvalue weighted by atomic mass is 19.1. The van der Waals surface area contributed by atoms with Gasteiger partial charge in [-0.05, 0) is 84.7 Å². The number of hydrogen-bond acceptors (Lipinski definition) is 6. The molecule has 0 bridgehead atoms. The van der Waals surface area contributed by atoms with Crippen LogP contribution in [0.1, 0.15) is 61.9 Å². The zero-order valence-electron chi connectivity index (χ0n) is 26.4. The first-order valence-electron chi connectivity index (χ1n) is 15.8. The van der Waals surface area contributed by atoms with E-state index in [4.69, 9.17) is 9.47 Å². The normalized spacial score (nSPS) is 19.9. The average molecular weight is 651 g/mol. The number of β-lactam (4-membered cyclic amide) rings is 1. The maximum absolute atomic E-state index is 13.7. The summed E-state index contributed by atoms with van der Waals surface area (Å²) in [6.07, 6.45) is 1.08. The van der Waals surface area contributed by atoms with Crippen molar-refractivity contribution in [1.29, 1.82) is 0 Å². The van der Waals surface area contributed by atoms with Gasteiger partial charge >= 0.3 is 5.97 Å². The number of rotatable bonds is 15. The highest BCUT2D eigenvalue weighted by Gasteiger charge is 2.48. The Morgan fingerprint density at radius 2 is 1.62 bits per heavy atom. The Bertz CT molecular complexity index is 1540. The quantitative estimate of drug-likeness (QED) is 0.195. The highest BCUT2D eigenvalue weighted by molar-refractivity contribution is 6.03. The summed E-state index contributed by atoms with van der Waals surface area (Å²) in [7, 11) is 0. The first-order valence-corrected chi connectivity index (χ1v) is 15.8. The van der Waals surface area contributed by atoms with Gasteiger partial charge in [-0.15, -0.1) is 0 Å². The lowest BCUT2D eigenvalue weighted by molar-refractivity contribution is -0.212. The molecule has 11 heteroatoms. The van der Waals surface area contributed by atoms with Crippen LogP contribution in [0.15, 0.2) is 72.8 Å². The third kappa shape index (κ3) is 8.04. The number of benzene rings is 3. The largest absolute Gasteiger partial charge is 0.480 e. The molecule has 0 radical (unpaired) electrons. The molecule has 250 valence electrons. The number of nitrogens with zero attached hydrogens (tertiary/aromatic N) is 1. The van der Waals surface area contributed by atoms with Gasteiger partial charge in [0.25, 0.3) is 0 Å². The van der Waals surface area contributed by atoms with E-state index in [0.717, 1.165) is 11.1 Å². The van der Waals surface area contributed by atoms with E-state index in [1.54, 1.807) is 30.9 Å². The van der Waals surface area contributed by atoms with E-state index < -0.39 is 47.2 Å². The summed E-state index contributed by atoms with van der Waals surface area (Å²) in [6.45, 7) is 3.82. The number of aryl methyl sites for hydroxylation is 1. The molecule has 9 nitrogen and oxygen atoms in total. The number of carboxylic acid groups (broad SMARTS) is 1. The molecule has 2 fully saturated rings. The van der Waals surface area contributed by atoms with Crippen LogP contribution < -0.4 is 10.2 Å². The number of anilines is 1. The van der Waals surface area contributed by atoms with Gasteiger partial charge in [-0.3, -0.25) is 9.59 Å². The Hall–Kier alpha value is -4.19. The number of carbonyl (C=O) groups excluding carboxylic acids is 2. The summed E-state index contributed by atoms with van der Waals surface area (Å²) in [5.41, 5.74) is 2.42. The van der Waals surface area contributed by atoms with E-state index in [2.05, 4.69) is 5.32 Å². The zero-order chi connectivity index (χ0) is 33.7. The molecule has 0 aromatic heterocycles. The number of aliphatic hydroxyl groups excluding tert-OH is 1. The fourth-order valence-corrected chi connectivity index (χ4v) is 6.12. The number of aliphatic hydroxyl groups is 1. The molecule has 2 saturated heterocycles. The summed E-state index contributed by atoms with van der Waals surface area (Å²) in [5.74, 6) is -3.19. The number of ether oxygens (including phenoxy) is 2. The number of nitrogens with one attached hydrogen (secondary N) is 1. The van der Waals surface area contributed by atoms with Gasteiger partial charge in [0.15, 0.2) is 0 Å². The lowest BCUT2D eigenvalue weighted by Crippen LogP contribution is -2.55. The van der Waals surface area contributed by atoms with Crippen molar-refractivity contribution in [2.75, 3.05) is 24.7 Å². The van der Waals surface area contributed by atoms with Gasteiger partial charge in [-0.1, -0.05) is 50.2 Å². The molecule has 0 unspecified atom stereocenters. The van der Waals surface area contributed by atoms with Crippen molar-refractivity contribution in [3.63, 3.8) is 0 Å². The predicted octanol–water partition coefficient (Wildman–Crippen LogP) is 5.13. The first kappa shape index (κ1) is 34.2. The van der Waals surface area contributed by atoms with Crippen LogP contribution in [0.4, 0.5) is 14.5 Å². The van der Waals surface area contributed by atoms with Crippen LogP contribution in [0, 0.1) is 23.5 Å². The van der Waals surface area contributed by atoms with E-state index in [1.807, 2.05) is 24.3 Å². The van der Waals surface area contributed by atoms with Gasteiger partial charge in [0.05, 0.1) is 31.3 Å². The summed E-state index contributed by atoms with van der Waals surface area (Å²) < 4.78 is 38.4. The molecule has 2 aliphatic rings. The second kappa shape index (κ2) is 14.7. The molecule has 3 N–H and O–H groups in total. The number of amides is 2. The van der Waals surface area contributed by atoms with Gasteiger partial charge in [0, 0.05) is 5.69 Å². The average Bonchev–Trinajstić information content (AvgIpc) is 3.03. The Kier molecular flexibility index (Phi) is 10.7. The summed E-state index contributed by atoms with van der Waals surface area (Å²) in [5, 5.41) is 22.6. The Morgan fingerprint density at radius 1 is 1.00 bits per heavy atom. The molecule has 3 aromatic carbocycles. The van der Waals surface area contributed by atoms with Crippen LogP contribution in [-0.4, -0.2) is 59.5 Å². The molecule has 0 saturated carbocycles. The number of aliphatic carboxylic acids is 1. The van der Waals surface area contributed by atoms with Crippen molar-refractivity contribution >= 4 is 23.5 Å². The lowest BCUT2D eigenvalue weighted by atomic mass is 9.78. The van der Waals surface area contributed by atoms with Crippen molar-refractivity contribution in [2.24, 2.45) is 11.8 Å². The molecule has 2 aliphatic heterocycles. The Balaban J connectivity index is 1.23. The lowest BCUT2D eigenvalue weighted by Gasteiger charge is -2.48. The van der Waals surface area contributed by atoms with E-state index in [0.29, 0.717) is 50.1 Å². The molecule has 47 heavy (non-hydrogen) atoms. The van der Waals surface area contributed by atoms with E-state index in [9.17, 15) is 33.4 Å². The van der Waals surface area contributed by atoms with Crippen molar-refractivity contribution in [3.05, 3.63) is 101 Å². The fourth-order valence-electron chi connectivity index (χ4n) is 6.12. The predicted molar refractivity (Wildman–Crippen MR) is 169 cm³/mol. The molecule has 3 aromatic rings. The van der Waals surface area contributed by atoms with Gasteiger partial charge in [0.2, 0.25) is 11.8 Å². The molecule has 2 amide bonds. The second-order valence-corrected chi connectivity index (χ2v) is 12.7. The molecular weight excluding hydrogens is 610 g/mol. The van der Waals surface area contributed by atoms with Crippen LogP contribution >= 0.6 is 0 Å². The summed E-state index contributed by atoms with van der Waals surface area (Å²) in [6, 6.07) is 18.0. The maximum atomic E-state index is 13.7. The van der Waals surface area contributed by atoms with Crippen LogP contribution in [0.5, 0.6) is 0 Å². The Morgan fingerprint density at radius 3 is 2.17 bits per heavy atom. The minimum Gasteiger partial charge on any atom is -0.480 e. The van der Waals surface area contributed by atoms with Gasteiger partial charge in [-0.2, -0.15) is 0 Å². The summed E-state index contributed by atoms with van der Waals surface area (Å²) in [4.78, 5) is 38.9. The van der Waals surface area contributed by atoms with E-state index in [1.165, 1.54) is 36.4 Å². The minimum absolute atomic E-state index is 0.117. The SMILES string of the molecule is CC(C)[C@H](NC(=O)COC1(CCc2ccc([C@@H]3[C@@H](CC[C@H](O)c4ccc(F)cc4)C(=O)N3c3ccc(F)cc3)cc2)COC1)C(=O)O.